The van der Waals surface area contributed by atoms with Crippen LogP contribution in [0.2, 0.25) is 0 Å². The van der Waals surface area contributed by atoms with Gasteiger partial charge in [-0.15, -0.1) is 0 Å². The molecule has 0 atom stereocenters. The number of carbonyl (C=O) groups excluding carboxylic acids is 1. The highest BCUT2D eigenvalue weighted by Crippen LogP contribution is 2.39. The molecule has 4 nitrogen and oxygen atoms in total. The molecular formula is C22H33NO3. The summed E-state index contributed by atoms with van der Waals surface area (Å²) in [4.78, 5) is 14.4. The molecule has 0 unspecified atom stereocenters. The first-order valence-corrected chi connectivity index (χ1v) is 9.74. The zero-order valence-electron chi connectivity index (χ0n) is 16.9. The number of ether oxygens (including phenoxy) is 2. The maximum atomic E-state index is 12.7. The molecule has 1 heterocycles. The molecular weight excluding hydrogens is 326 g/mol. The second-order valence-corrected chi connectivity index (χ2v) is 7.82. The van der Waals surface area contributed by atoms with E-state index in [9.17, 15) is 4.79 Å². The van der Waals surface area contributed by atoms with Crippen molar-refractivity contribution in [2.45, 2.75) is 71.8 Å². The summed E-state index contributed by atoms with van der Waals surface area (Å²) in [6.45, 7) is 8.55. The van der Waals surface area contributed by atoms with Crippen molar-refractivity contribution in [1.82, 2.24) is 0 Å². The van der Waals surface area contributed by atoms with Crippen molar-refractivity contribution in [3.63, 3.8) is 0 Å². The van der Waals surface area contributed by atoms with Crippen LogP contribution in [0.25, 0.3) is 6.08 Å². The third-order valence-corrected chi connectivity index (χ3v) is 4.48. The molecule has 26 heavy (non-hydrogen) atoms. The Morgan fingerprint density at radius 3 is 2.65 bits per heavy atom. The van der Waals surface area contributed by atoms with E-state index in [0.29, 0.717) is 6.54 Å². The van der Waals surface area contributed by atoms with E-state index < -0.39 is 5.60 Å². The number of methoxy groups -OCH3 is 1. The minimum absolute atomic E-state index is 0.290. The van der Waals surface area contributed by atoms with Crippen molar-refractivity contribution < 1.29 is 14.3 Å². The smallest absolute Gasteiger partial charge is 0.414 e. The summed E-state index contributed by atoms with van der Waals surface area (Å²) in [6.07, 6.45) is 10.9. The van der Waals surface area contributed by atoms with Gasteiger partial charge < -0.3 is 9.47 Å². The largest absolute Gasteiger partial charge is 0.496 e. The first kappa shape index (κ1) is 20.3. The minimum atomic E-state index is -0.506. The van der Waals surface area contributed by atoms with E-state index in [4.69, 9.17) is 9.47 Å². The minimum Gasteiger partial charge on any atom is -0.496 e. The highest BCUT2D eigenvalue weighted by molar-refractivity contribution is 5.95. The zero-order chi connectivity index (χ0) is 19.2. The van der Waals surface area contributed by atoms with Gasteiger partial charge in [-0.2, -0.15) is 0 Å². The average molecular weight is 360 g/mol. The monoisotopic (exact) mass is 359 g/mol. The molecule has 0 aromatic heterocycles. The number of unbranched alkanes of at least 4 members (excludes halogenated alkanes) is 4. The van der Waals surface area contributed by atoms with E-state index in [0.717, 1.165) is 29.8 Å². The highest BCUT2D eigenvalue weighted by atomic mass is 16.6. The number of allylic oxidation sites excluding steroid dienone is 1. The summed E-state index contributed by atoms with van der Waals surface area (Å²) >= 11 is 0. The molecule has 2 rings (SSSR count). The number of anilines is 1. The molecule has 1 amide bonds. The number of nitrogens with zero attached hydrogens (tertiary/aromatic N) is 1. The molecule has 0 saturated carbocycles. The molecule has 0 spiro atoms. The summed E-state index contributed by atoms with van der Waals surface area (Å²) < 4.78 is 11.2. The van der Waals surface area contributed by atoms with Gasteiger partial charge in [0.15, 0.2) is 0 Å². The van der Waals surface area contributed by atoms with Gasteiger partial charge in [-0.25, -0.2) is 4.79 Å². The summed E-state index contributed by atoms with van der Waals surface area (Å²) in [5.41, 5.74) is 2.57. The van der Waals surface area contributed by atoms with Crippen molar-refractivity contribution >= 4 is 17.9 Å². The van der Waals surface area contributed by atoms with Crippen molar-refractivity contribution in [2.24, 2.45) is 0 Å². The van der Waals surface area contributed by atoms with Gasteiger partial charge in [-0.1, -0.05) is 44.4 Å². The predicted molar refractivity (Wildman–Crippen MR) is 108 cm³/mol. The van der Waals surface area contributed by atoms with Crippen molar-refractivity contribution in [1.29, 1.82) is 0 Å². The van der Waals surface area contributed by atoms with Crippen LogP contribution in [0.4, 0.5) is 10.5 Å². The van der Waals surface area contributed by atoms with E-state index in [-0.39, 0.29) is 6.09 Å². The van der Waals surface area contributed by atoms with E-state index in [1.54, 1.807) is 12.0 Å². The third kappa shape index (κ3) is 5.26. The van der Waals surface area contributed by atoms with E-state index in [2.05, 4.69) is 25.1 Å². The van der Waals surface area contributed by atoms with Crippen LogP contribution in [0.1, 0.15) is 70.9 Å². The Bertz CT molecular complexity index is 644. The van der Waals surface area contributed by atoms with Gasteiger partial charge in [-0.3, -0.25) is 4.90 Å². The van der Waals surface area contributed by atoms with Crippen LogP contribution < -0.4 is 9.64 Å². The van der Waals surface area contributed by atoms with Crippen molar-refractivity contribution in [2.75, 3.05) is 18.6 Å². The number of benzene rings is 1. The molecule has 1 aromatic rings. The summed E-state index contributed by atoms with van der Waals surface area (Å²) in [5.74, 6) is 0.795. The van der Waals surface area contributed by atoms with Gasteiger partial charge in [0.05, 0.1) is 12.8 Å². The summed E-state index contributed by atoms with van der Waals surface area (Å²) in [7, 11) is 1.67. The number of hydrogen-bond donors (Lipinski definition) is 0. The van der Waals surface area contributed by atoms with Crippen LogP contribution in [0, 0.1) is 0 Å². The van der Waals surface area contributed by atoms with Crippen LogP contribution in [0.5, 0.6) is 5.75 Å². The predicted octanol–water partition coefficient (Wildman–Crippen LogP) is 5.98. The van der Waals surface area contributed by atoms with Crippen molar-refractivity contribution in [3.8, 4) is 5.75 Å². The number of fused-ring (bicyclic) bond motifs is 1. The van der Waals surface area contributed by atoms with Crippen LogP contribution >= 0.6 is 0 Å². The quantitative estimate of drug-likeness (QED) is 0.562. The Kier molecular flexibility index (Phi) is 7.13. The Morgan fingerprint density at radius 2 is 2.00 bits per heavy atom. The lowest BCUT2D eigenvalue weighted by atomic mass is 10.0. The van der Waals surface area contributed by atoms with Gasteiger partial charge in [0, 0.05) is 12.1 Å². The molecule has 0 bridgehead atoms. The highest BCUT2D eigenvalue weighted by Gasteiger charge is 2.31. The fraction of sp³-hybridized carbons (Fsp3) is 0.591. The fourth-order valence-electron chi connectivity index (χ4n) is 3.23. The standard InChI is InChI=1S/C22H33NO3/c1-6-7-8-9-10-11-12-18-19(25-5)14-13-17-15-16-23(20(17)18)21(24)26-22(2,3)4/h11-14H,6-10,15-16H2,1-5H3/b12-11+. The van der Waals surface area contributed by atoms with Gasteiger partial charge in [0.25, 0.3) is 0 Å². The number of carbonyl (C=O) groups is 1. The maximum Gasteiger partial charge on any atom is 0.414 e. The lowest BCUT2D eigenvalue weighted by Crippen LogP contribution is -2.36. The lowest BCUT2D eigenvalue weighted by Gasteiger charge is -2.26. The van der Waals surface area contributed by atoms with Crippen LogP contribution in [-0.2, 0) is 11.2 Å². The zero-order valence-corrected chi connectivity index (χ0v) is 16.9. The molecule has 1 aliphatic heterocycles. The Balaban J connectivity index is 2.24. The molecule has 0 saturated heterocycles. The second kappa shape index (κ2) is 9.11. The lowest BCUT2D eigenvalue weighted by molar-refractivity contribution is 0.0584. The topological polar surface area (TPSA) is 38.8 Å². The van der Waals surface area contributed by atoms with Crippen LogP contribution in [-0.4, -0.2) is 25.3 Å². The maximum absolute atomic E-state index is 12.7. The second-order valence-electron chi connectivity index (χ2n) is 7.82. The normalized spacial score (nSPS) is 14.0. The van der Waals surface area contributed by atoms with Gasteiger partial charge in [0.1, 0.15) is 11.4 Å². The first-order chi connectivity index (χ1) is 12.4. The fourth-order valence-corrected chi connectivity index (χ4v) is 3.23. The number of hydrogen-bond acceptors (Lipinski definition) is 3. The number of rotatable bonds is 7. The van der Waals surface area contributed by atoms with Crippen molar-refractivity contribution in [3.05, 3.63) is 29.3 Å². The van der Waals surface area contributed by atoms with Gasteiger partial charge >= 0.3 is 6.09 Å². The van der Waals surface area contributed by atoms with Crippen LogP contribution in [0.3, 0.4) is 0 Å². The number of amides is 1. The molecule has 0 aliphatic carbocycles. The molecule has 1 aromatic carbocycles. The molecule has 0 N–H and O–H groups in total. The molecule has 144 valence electrons. The van der Waals surface area contributed by atoms with E-state index >= 15 is 0 Å². The third-order valence-electron chi connectivity index (χ3n) is 4.48. The Labute approximate surface area is 158 Å². The Morgan fingerprint density at radius 1 is 1.23 bits per heavy atom. The molecule has 4 heteroatoms. The Hall–Kier alpha value is -1.97. The molecule has 0 fully saturated rings. The molecule has 1 aliphatic rings. The SMILES string of the molecule is CCCCCC/C=C/c1c(OC)ccc2c1N(C(=O)OC(C)(C)C)CC2. The summed E-state index contributed by atoms with van der Waals surface area (Å²) in [6, 6.07) is 4.05. The first-order valence-electron chi connectivity index (χ1n) is 9.74. The summed E-state index contributed by atoms with van der Waals surface area (Å²) in [5, 5.41) is 0. The van der Waals surface area contributed by atoms with E-state index in [1.807, 2.05) is 26.8 Å². The average Bonchev–Trinajstić information content (AvgIpc) is 3.00. The van der Waals surface area contributed by atoms with Crippen LogP contribution in [0.15, 0.2) is 18.2 Å². The van der Waals surface area contributed by atoms with Gasteiger partial charge in [0.2, 0.25) is 0 Å². The molecule has 0 radical (unpaired) electrons. The van der Waals surface area contributed by atoms with Gasteiger partial charge in [-0.05, 0) is 51.7 Å². The van der Waals surface area contributed by atoms with E-state index in [1.165, 1.54) is 31.2 Å².